The molecule has 1 fully saturated rings. The first-order valence-corrected chi connectivity index (χ1v) is 18.9. The summed E-state index contributed by atoms with van der Waals surface area (Å²) in [6.07, 6.45) is -0.145. The number of hydrogen-bond acceptors (Lipinski definition) is 16. The van der Waals surface area contributed by atoms with Crippen LogP contribution in [-0.2, 0) is 57.3 Å². The molecule has 1 aliphatic rings. The number of nitrogens with one attached hydrogen (secondary N) is 4. The maximum absolute atomic E-state index is 12.5. The van der Waals surface area contributed by atoms with Crippen molar-refractivity contribution in [3.05, 3.63) is 0 Å². The van der Waals surface area contributed by atoms with Gasteiger partial charge in [-0.2, -0.15) is 0 Å². The Morgan fingerprint density at radius 2 is 0.652 bits per heavy atom. The maximum atomic E-state index is 12.5. The molecule has 0 spiro atoms. The van der Waals surface area contributed by atoms with Gasteiger partial charge in [-0.15, -0.1) is 0 Å². The average Bonchev–Trinajstić information content (AvgIpc) is 3.04. The Bertz CT molecular complexity index is 921. The van der Waals surface area contributed by atoms with Crippen molar-refractivity contribution < 1.29 is 57.3 Å². The summed E-state index contributed by atoms with van der Waals surface area (Å²) < 4.78 is 19.1. The summed E-state index contributed by atoms with van der Waals surface area (Å²) in [5.74, 6) is -4.48. The van der Waals surface area contributed by atoms with Crippen molar-refractivity contribution in [2.75, 3.05) is 51.5 Å². The van der Waals surface area contributed by atoms with Crippen molar-refractivity contribution in [3.63, 3.8) is 0 Å². The lowest BCUT2D eigenvalue weighted by Gasteiger charge is -2.19. The van der Waals surface area contributed by atoms with Crippen molar-refractivity contribution in [3.8, 4) is 0 Å². The number of carbonyl (C=O) groups is 8. The van der Waals surface area contributed by atoms with E-state index in [4.69, 9.17) is 18.9 Å². The number of hydrogen-bond donors (Lipinski definition) is 4. The van der Waals surface area contributed by atoms with E-state index in [2.05, 4.69) is 21.3 Å². The molecule has 0 aromatic carbocycles. The van der Waals surface area contributed by atoms with Gasteiger partial charge in [0, 0.05) is 48.7 Å². The van der Waals surface area contributed by atoms with E-state index < -0.39 is 71.7 Å². The second kappa shape index (κ2) is 23.5. The van der Waals surface area contributed by atoms with Gasteiger partial charge in [-0.1, -0.05) is 43.2 Å². The Balaban J connectivity index is 3.03. The quantitative estimate of drug-likeness (QED) is 0.166. The Kier molecular flexibility index (Phi) is 21.0. The van der Waals surface area contributed by atoms with Crippen molar-refractivity contribution in [2.24, 2.45) is 0 Å². The molecular weight excluding hydrogens is 689 g/mol. The van der Waals surface area contributed by atoms with Crippen LogP contribution in [0.1, 0.15) is 38.5 Å². The molecule has 1 aliphatic heterocycles. The molecule has 1 saturated heterocycles. The topological polar surface area (TPSA) is 222 Å². The van der Waals surface area contributed by atoms with Gasteiger partial charge in [-0.25, -0.2) is 19.2 Å². The summed E-state index contributed by atoms with van der Waals surface area (Å²) >= 11 is 0. The minimum atomic E-state index is -1.02. The zero-order valence-electron chi connectivity index (χ0n) is 25.9. The second-order valence-electron chi connectivity index (χ2n) is 9.42. The van der Waals surface area contributed by atoms with Crippen molar-refractivity contribution in [1.82, 2.24) is 21.3 Å². The summed E-state index contributed by atoms with van der Waals surface area (Å²) in [4.78, 5) is 99.1. The lowest BCUT2D eigenvalue weighted by molar-refractivity contribution is -0.145. The molecule has 1 rings (SSSR count). The molecule has 46 heavy (non-hydrogen) atoms. The van der Waals surface area contributed by atoms with Crippen LogP contribution in [-0.4, -0.2) is 123 Å². The fraction of sp³-hybridized carbons (Fsp3) is 0.692. The molecule has 0 saturated carbocycles. The van der Waals surface area contributed by atoms with Gasteiger partial charge in [0.15, 0.2) is 0 Å². The van der Waals surface area contributed by atoms with Crippen LogP contribution in [0.2, 0.25) is 0 Å². The van der Waals surface area contributed by atoms with Crippen LogP contribution in [0.5, 0.6) is 0 Å². The number of esters is 4. The number of ether oxygens (including phenoxy) is 4. The molecule has 4 atom stereocenters. The van der Waals surface area contributed by atoms with Gasteiger partial charge in [-0.05, 0) is 12.8 Å². The molecule has 0 aromatic heterocycles. The number of methoxy groups -OCH3 is 4. The van der Waals surface area contributed by atoms with Gasteiger partial charge < -0.3 is 40.2 Å². The molecule has 0 radical (unpaired) electrons. The van der Waals surface area contributed by atoms with Gasteiger partial charge in [0.05, 0.1) is 28.4 Å². The van der Waals surface area contributed by atoms with Crippen molar-refractivity contribution >= 4 is 90.7 Å². The molecule has 0 aromatic rings. The average molecular weight is 729 g/mol. The molecule has 20 heteroatoms. The van der Waals surface area contributed by atoms with E-state index in [0.717, 1.165) is 43.2 Å². The number of amides is 4. The number of carbonyl (C=O) groups excluding carboxylic acids is 8. The Hall–Kier alpha value is -2.84. The van der Waals surface area contributed by atoms with Crippen LogP contribution in [0.3, 0.4) is 0 Å². The molecule has 4 N–H and O–H groups in total. The smallest absolute Gasteiger partial charge is 0.329 e. The van der Waals surface area contributed by atoms with Crippen LogP contribution < -0.4 is 21.3 Å². The molecule has 260 valence electrons. The minimum Gasteiger partial charge on any atom is -0.467 e. The van der Waals surface area contributed by atoms with Crippen LogP contribution in [0.25, 0.3) is 0 Å². The predicted octanol–water partition coefficient (Wildman–Crippen LogP) is -0.265. The van der Waals surface area contributed by atoms with Gasteiger partial charge >= 0.3 is 23.9 Å². The fourth-order valence-corrected chi connectivity index (χ4v) is 8.19. The van der Waals surface area contributed by atoms with Crippen molar-refractivity contribution in [1.29, 1.82) is 0 Å². The van der Waals surface area contributed by atoms with Gasteiger partial charge in [-0.3, -0.25) is 19.2 Å². The number of rotatable bonds is 4. The first-order chi connectivity index (χ1) is 21.9. The maximum Gasteiger partial charge on any atom is 0.329 e. The molecule has 16 nitrogen and oxygen atoms in total. The minimum absolute atomic E-state index is 0.0730. The van der Waals surface area contributed by atoms with E-state index in [-0.39, 0.29) is 61.5 Å². The third-order valence-electron chi connectivity index (χ3n) is 6.00. The summed E-state index contributed by atoms with van der Waals surface area (Å²) in [6, 6.07) is -4.07. The van der Waals surface area contributed by atoms with Crippen LogP contribution in [0, 0.1) is 0 Å². The lowest BCUT2D eigenvalue weighted by Crippen LogP contribution is -2.45. The highest BCUT2D eigenvalue weighted by atomic mass is 33.1. The highest BCUT2D eigenvalue weighted by molar-refractivity contribution is 8.77. The van der Waals surface area contributed by atoms with Gasteiger partial charge in [0.1, 0.15) is 24.2 Å². The molecule has 0 bridgehead atoms. The zero-order chi connectivity index (χ0) is 34.5. The van der Waals surface area contributed by atoms with E-state index in [1.807, 2.05) is 0 Å². The van der Waals surface area contributed by atoms with Gasteiger partial charge in [0.25, 0.3) is 0 Å². The molecular formula is C26H40N4O12S4. The summed E-state index contributed by atoms with van der Waals surface area (Å²) in [6.45, 7) is 0. The van der Waals surface area contributed by atoms with E-state index in [0.29, 0.717) is 0 Å². The van der Waals surface area contributed by atoms with Crippen LogP contribution in [0.4, 0.5) is 0 Å². The first kappa shape index (κ1) is 41.2. The first-order valence-electron chi connectivity index (χ1n) is 13.9. The monoisotopic (exact) mass is 728 g/mol. The molecule has 1 heterocycles. The predicted molar refractivity (Wildman–Crippen MR) is 173 cm³/mol. The largest absolute Gasteiger partial charge is 0.467 e. The van der Waals surface area contributed by atoms with E-state index >= 15 is 0 Å². The third-order valence-corrected chi connectivity index (χ3v) is 10.8. The van der Waals surface area contributed by atoms with Crippen molar-refractivity contribution in [2.45, 2.75) is 62.7 Å². The molecule has 0 unspecified atom stereocenters. The summed E-state index contributed by atoms with van der Waals surface area (Å²) in [5.41, 5.74) is 0. The molecule has 4 amide bonds. The second-order valence-corrected chi connectivity index (χ2v) is 14.5. The Morgan fingerprint density at radius 3 is 0.826 bits per heavy atom. The van der Waals surface area contributed by atoms with E-state index in [1.54, 1.807) is 0 Å². The SMILES string of the molecule is COC(=O)[C@@H]1CSSC[C@@H](C(=O)OC)NC(=O)CCCC(=O)N[C@H](C(=O)OC)CSSC[C@@H](C(=O)OC)NC(=O)CCCC(=O)N1. The normalized spacial score (nSPS) is 24.1. The zero-order valence-corrected chi connectivity index (χ0v) is 29.2. The van der Waals surface area contributed by atoms with Crippen LogP contribution >= 0.6 is 43.2 Å². The Morgan fingerprint density at radius 1 is 0.457 bits per heavy atom. The summed E-state index contributed by atoms with van der Waals surface area (Å²) in [5, 5.41) is 10.3. The summed E-state index contributed by atoms with van der Waals surface area (Å²) in [7, 11) is 9.29. The standard InChI is InChI=1S/C26H40N4O12S4/c1-39-23(35)15-11-43-44-12-16(24(36)40-2)28-21(33)9-6-10-22(34)30-18(26(38)42-4)14-46-45-13-17(25(37)41-3)29-20(32)8-5-7-19(31)27-15/h15-18H,5-14H2,1-4H3,(H,27,31)(H,28,33)(H,29,32)(H,30,34)/t15-,16-,17-,18-/m0/s1. The Labute approximate surface area is 282 Å². The van der Waals surface area contributed by atoms with E-state index in [1.165, 1.54) is 28.4 Å². The fourth-order valence-electron chi connectivity index (χ4n) is 3.59. The van der Waals surface area contributed by atoms with E-state index in [9.17, 15) is 38.4 Å². The highest BCUT2D eigenvalue weighted by Gasteiger charge is 2.27. The molecule has 0 aliphatic carbocycles. The lowest BCUT2D eigenvalue weighted by atomic mass is 10.2. The van der Waals surface area contributed by atoms with Gasteiger partial charge in [0.2, 0.25) is 23.6 Å². The highest BCUT2D eigenvalue weighted by Crippen LogP contribution is 2.25. The third kappa shape index (κ3) is 16.6. The van der Waals surface area contributed by atoms with Crippen LogP contribution in [0.15, 0.2) is 0 Å².